The molecule has 1 N–H and O–H groups in total. The fourth-order valence-corrected chi connectivity index (χ4v) is 1.09. The SMILES string of the molecule is CCONC(=O)c1cccc(OCC)c1. The monoisotopic (exact) mass is 209 g/mol. The molecule has 0 aliphatic rings. The minimum atomic E-state index is -0.265. The average Bonchev–Trinajstić information content (AvgIpc) is 2.27. The van der Waals surface area contributed by atoms with Crippen molar-refractivity contribution in [2.45, 2.75) is 13.8 Å². The Morgan fingerprint density at radius 1 is 1.33 bits per heavy atom. The first-order valence-corrected chi connectivity index (χ1v) is 4.93. The lowest BCUT2D eigenvalue weighted by Crippen LogP contribution is -2.23. The van der Waals surface area contributed by atoms with Crippen LogP contribution in [0.25, 0.3) is 0 Å². The van der Waals surface area contributed by atoms with Crippen LogP contribution in [0, 0.1) is 0 Å². The van der Waals surface area contributed by atoms with Gasteiger partial charge in [0.2, 0.25) is 0 Å². The highest BCUT2D eigenvalue weighted by Crippen LogP contribution is 2.12. The second-order valence-corrected chi connectivity index (χ2v) is 2.83. The molecule has 0 heterocycles. The zero-order valence-electron chi connectivity index (χ0n) is 8.95. The summed E-state index contributed by atoms with van der Waals surface area (Å²) in [5.74, 6) is 0.417. The number of hydroxylamine groups is 1. The molecule has 15 heavy (non-hydrogen) atoms. The third kappa shape index (κ3) is 3.59. The quantitative estimate of drug-likeness (QED) is 0.752. The first-order chi connectivity index (χ1) is 7.27. The number of carbonyl (C=O) groups excluding carboxylic acids is 1. The Bertz CT molecular complexity index is 325. The number of hydrogen-bond donors (Lipinski definition) is 1. The van der Waals surface area contributed by atoms with Crippen molar-refractivity contribution >= 4 is 5.91 Å². The first kappa shape index (κ1) is 11.5. The van der Waals surface area contributed by atoms with Crippen molar-refractivity contribution in [2.24, 2.45) is 0 Å². The summed E-state index contributed by atoms with van der Waals surface area (Å²) in [5, 5.41) is 0. The largest absolute Gasteiger partial charge is 0.494 e. The van der Waals surface area contributed by atoms with Crippen LogP contribution < -0.4 is 10.2 Å². The van der Waals surface area contributed by atoms with Crippen LogP contribution in [0.2, 0.25) is 0 Å². The highest BCUT2D eigenvalue weighted by molar-refractivity contribution is 5.93. The Hall–Kier alpha value is -1.55. The second kappa shape index (κ2) is 6.03. The minimum Gasteiger partial charge on any atom is -0.494 e. The van der Waals surface area contributed by atoms with Gasteiger partial charge in [0.1, 0.15) is 5.75 Å². The van der Waals surface area contributed by atoms with Crippen molar-refractivity contribution in [2.75, 3.05) is 13.2 Å². The molecule has 0 aliphatic heterocycles. The van der Waals surface area contributed by atoms with Crippen molar-refractivity contribution < 1.29 is 14.4 Å². The van der Waals surface area contributed by atoms with Gasteiger partial charge in [0.15, 0.2) is 0 Å². The van der Waals surface area contributed by atoms with E-state index < -0.39 is 0 Å². The highest BCUT2D eigenvalue weighted by Gasteiger charge is 2.05. The molecule has 82 valence electrons. The molecular formula is C11H15NO3. The molecule has 0 bridgehead atoms. The number of amides is 1. The fraction of sp³-hybridized carbons (Fsp3) is 0.364. The summed E-state index contributed by atoms with van der Waals surface area (Å²) in [5.41, 5.74) is 2.85. The molecule has 0 aromatic heterocycles. The minimum absolute atomic E-state index is 0.265. The lowest BCUT2D eigenvalue weighted by atomic mass is 10.2. The summed E-state index contributed by atoms with van der Waals surface area (Å²) in [4.78, 5) is 16.3. The Morgan fingerprint density at radius 3 is 2.80 bits per heavy atom. The van der Waals surface area contributed by atoms with Gasteiger partial charge < -0.3 is 4.74 Å². The summed E-state index contributed by atoms with van der Waals surface area (Å²) in [7, 11) is 0. The molecule has 0 radical (unpaired) electrons. The van der Waals surface area contributed by atoms with Crippen LogP contribution >= 0.6 is 0 Å². The fourth-order valence-electron chi connectivity index (χ4n) is 1.09. The lowest BCUT2D eigenvalue weighted by molar-refractivity contribution is 0.0364. The van der Waals surface area contributed by atoms with Crippen molar-refractivity contribution in [3.05, 3.63) is 29.8 Å². The molecule has 0 aliphatic carbocycles. The first-order valence-electron chi connectivity index (χ1n) is 4.93. The number of rotatable bonds is 5. The van der Waals surface area contributed by atoms with E-state index in [9.17, 15) is 4.79 Å². The van der Waals surface area contributed by atoms with Gasteiger partial charge in [0, 0.05) is 5.56 Å². The van der Waals surface area contributed by atoms with E-state index in [-0.39, 0.29) is 5.91 Å². The molecule has 0 fully saturated rings. The summed E-state index contributed by atoms with van der Waals surface area (Å²) < 4.78 is 5.28. The molecule has 0 saturated heterocycles. The molecule has 1 amide bonds. The summed E-state index contributed by atoms with van der Waals surface area (Å²) in [6, 6.07) is 6.96. The number of benzene rings is 1. The molecule has 1 aromatic carbocycles. The van der Waals surface area contributed by atoms with Crippen molar-refractivity contribution in [1.82, 2.24) is 5.48 Å². The number of hydrogen-bond acceptors (Lipinski definition) is 3. The van der Waals surface area contributed by atoms with E-state index in [1.807, 2.05) is 6.92 Å². The van der Waals surface area contributed by atoms with Crippen molar-refractivity contribution in [3.8, 4) is 5.75 Å². The van der Waals surface area contributed by atoms with Crippen LogP contribution in [-0.4, -0.2) is 19.1 Å². The van der Waals surface area contributed by atoms with Gasteiger partial charge in [0.25, 0.3) is 5.91 Å². The van der Waals surface area contributed by atoms with Crippen LogP contribution in [0.15, 0.2) is 24.3 Å². The van der Waals surface area contributed by atoms with Gasteiger partial charge in [-0.15, -0.1) is 0 Å². The molecule has 1 aromatic rings. The van der Waals surface area contributed by atoms with Crippen LogP contribution in [0.5, 0.6) is 5.75 Å². The number of nitrogens with one attached hydrogen (secondary N) is 1. The van der Waals surface area contributed by atoms with Crippen molar-refractivity contribution in [3.63, 3.8) is 0 Å². The van der Waals surface area contributed by atoms with Gasteiger partial charge >= 0.3 is 0 Å². The van der Waals surface area contributed by atoms with Gasteiger partial charge in [-0.25, -0.2) is 5.48 Å². The lowest BCUT2D eigenvalue weighted by Gasteiger charge is -2.06. The summed E-state index contributed by atoms with van der Waals surface area (Å²) in [6.07, 6.45) is 0. The predicted molar refractivity (Wildman–Crippen MR) is 56.7 cm³/mol. The van der Waals surface area contributed by atoms with Crippen LogP contribution in [0.1, 0.15) is 24.2 Å². The predicted octanol–water partition coefficient (Wildman–Crippen LogP) is 1.77. The molecular weight excluding hydrogens is 194 g/mol. The third-order valence-corrected chi connectivity index (χ3v) is 1.72. The van der Waals surface area contributed by atoms with Gasteiger partial charge in [-0.1, -0.05) is 6.07 Å². The number of carbonyl (C=O) groups is 1. The van der Waals surface area contributed by atoms with Gasteiger partial charge in [-0.2, -0.15) is 0 Å². The maximum absolute atomic E-state index is 11.5. The molecule has 4 nitrogen and oxygen atoms in total. The average molecular weight is 209 g/mol. The van der Waals surface area contributed by atoms with E-state index in [1.54, 1.807) is 31.2 Å². The summed E-state index contributed by atoms with van der Waals surface area (Å²) >= 11 is 0. The number of ether oxygens (including phenoxy) is 1. The standard InChI is InChI=1S/C11H15NO3/c1-3-14-10-7-5-6-9(8-10)11(13)12-15-4-2/h5-8H,3-4H2,1-2H3,(H,12,13). The van der Waals surface area contributed by atoms with Crippen LogP contribution in [-0.2, 0) is 4.84 Å². The van der Waals surface area contributed by atoms with Gasteiger partial charge in [-0.3, -0.25) is 9.63 Å². The molecule has 1 rings (SSSR count). The van der Waals surface area contributed by atoms with E-state index in [2.05, 4.69) is 5.48 Å². The Balaban J connectivity index is 2.67. The maximum Gasteiger partial charge on any atom is 0.274 e. The molecule has 0 atom stereocenters. The molecule has 0 spiro atoms. The molecule has 4 heteroatoms. The highest BCUT2D eigenvalue weighted by atomic mass is 16.6. The second-order valence-electron chi connectivity index (χ2n) is 2.83. The normalized spacial score (nSPS) is 9.73. The van der Waals surface area contributed by atoms with E-state index >= 15 is 0 Å². The molecule has 0 saturated carbocycles. The van der Waals surface area contributed by atoms with Crippen molar-refractivity contribution in [1.29, 1.82) is 0 Å². The van der Waals surface area contributed by atoms with E-state index in [0.717, 1.165) is 0 Å². The van der Waals surface area contributed by atoms with Gasteiger partial charge in [0.05, 0.1) is 13.2 Å². The zero-order chi connectivity index (χ0) is 11.1. The molecule has 0 unspecified atom stereocenters. The third-order valence-electron chi connectivity index (χ3n) is 1.72. The zero-order valence-corrected chi connectivity index (χ0v) is 8.95. The Morgan fingerprint density at radius 2 is 2.13 bits per heavy atom. The van der Waals surface area contributed by atoms with E-state index in [0.29, 0.717) is 24.5 Å². The van der Waals surface area contributed by atoms with E-state index in [4.69, 9.17) is 9.57 Å². The van der Waals surface area contributed by atoms with Crippen LogP contribution in [0.4, 0.5) is 0 Å². The van der Waals surface area contributed by atoms with Gasteiger partial charge in [-0.05, 0) is 32.0 Å². The maximum atomic E-state index is 11.5. The topological polar surface area (TPSA) is 47.6 Å². The Kier molecular flexibility index (Phi) is 4.63. The summed E-state index contributed by atoms with van der Waals surface area (Å²) in [6.45, 7) is 4.72. The van der Waals surface area contributed by atoms with Crippen LogP contribution in [0.3, 0.4) is 0 Å². The Labute approximate surface area is 89.1 Å². The smallest absolute Gasteiger partial charge is 0.274 e. The van der Waals surface area contributed by atoms with E-state index in [1.165, 1.54) is 0 Å².